The summed E-state index contributed by atoms with van der Waals surface area (Å²) in [6.45, 7) is 0. The molecular weight excluding hydrogens is 350 g/mol. The second kappa shape index (κ2) is 7.29. The molecule has 3 rings (SSSR count). The van der Waals surface area contributed by atoms with Crippen LogP contribution in [0.25, 0.3) is 0 Å². The SMILES string of the molecule is O=S(=O)(CCSc1n[nH]c(Cc2cccs2)n1)c1ccccc1. The Labute approximate surface area is 143 Å². The summed E-state index contributed by atoms with van der Waals surface area (Å²) in [6, 6.07) is 12.5. The van der Waals surface area contributed by atoms with Gasteiger partial charge in [0.05, 0.1) is 10.6 Å². The Morgan fingerprint density at radius 1 is 1.13 bits per heavy atom. The van der Waals surface area contributed by atoms with E-state index in [0.29, 0.717) is 22.2 Å². The first-order valence-electron chi connectivity index (χ1n) is 6.98. The van der Waals surface area contributed by atoms with Crippen LogP contribution in [0, 0.1) is 0 Å². The Morgan fingerprint density at radius 2 is 1.96 bits per heavy atom. The first-order chi connectivity index (χ1) is 11.1. The first-order valence-corrected chi connectivity index (χ1v) is 10.5. The summed E-state index contributed by atoms with van der Waals surface area (Å²) < 4.78 is 24.4. The summed E-state index contributed by atoms with van der Waals surface area (Å²) in [4.78, 5) is 5.95. The fourth-order valence-corrected chi connectivity index (χ4v) is 5.18. The zero-order chi connectivity index (χ0) is 16.1. The number of aromatic amines is 1. The van der Waals surface area contributed by atoms with Gasteiger partial charge in [-0.3, -0.25) is 5.10 Å². The lowest BCUT2D eigenvalue weighted by atomic mass is 10.3. The summed E-state index contributed by atoms with van der Waals surface area (Å²) >= 11 is 3.02. The van der Waals surface area contributed by atoms with Crippen LogP contribution in [0.3, 0.4) is 0 Å². The quantitative estimate of drug-likeness (QED) is 0.651. The maximum atomic E-state index is 12.2. The molecular formula is C15H15N3O2S3. The Bertz CT molecular complexity index is 843. The van der Waals surface area contributed by atoms with Gasteiger partial charge in [0.15, 0.2) is 9.84 Å². The van der Waals surface area contributed by atoms with Gasteiger partial charge < -0.3 is 0 Å². The Morgan fingerprint density at radius 3 is 2.70 bits per heavy atom. The molecule has 3 aromatic rings. The predicted molar refractivity (Wildman–Crippen MR) is 92.7 cm³/mol. The van der Waals surface area contributed by atoms with Crippen molar-refractivity contribution in [3.05, 3.63) is 58.5 Å². The van der Waals surface area contributed by atoms with Gasteiger partial charge in [0, 0.05) is 17.1 Å². The van der Waals surface area contributed by atoms with Crippen molar-refractivity contribution >= 4 is 32.9 Å². The topological polar surface area (TPSA) is 75.7 Å². The van der Waals surface area contributed by atoms with Crippen LogP contribution < -0.4 is 0 Å². The van der Waals surface area contributed by atoms with E-state index in [0.717, 1.165) is 5.82 Å². The average molecular weight is 366 g/mol. The molecule has 0 atom stereocenters. The van der Waals surface area contributed by atoms with Crippen LogP contribution in [-0.2, 0) is 16.3 Å². The third kappa shape index (κ3) is 4.43. The van der Waals surface area contributed by atoms with Crippen molar-refractivity contribution in [2.24, 2.45) is 0 Å². The largest absolute Gasteiger partial charge is 0.262 e. The minimum atomic E-state index is -3.25. The highest BCUT2D eigenvalue weighted by molar-refractivity contribution is 8.00. The molecule has 0 unspecified atom stereocenters. The number of aromatic nitrogens is 3. The molecule has 0 bridgehead atoms. The molecule has 1 aromatic carbocycles. The molecule has 0 fully saturated rings. The lowest BCUT2D eigenvalue weighted by Crippen LogP contribution is -2.08. The van der Waals surface area contributed by atoms with E-state index in [2.05, 4.69) is 15.2 Å². The van der Waals surface area contributed by atoms with Crippen LogP contribution >= 0.6 is 23.1 Å². The van der Waals surface area contributed by atoms with E-state index < -0.39 is 9.84 Å². The van der Waals surface area contributed by atoms with Crippen molar-refractivity contribution in [2.75, 3.05) is 11.5 Å². The molecule has 2 heterocycles. The number of H-pyrrole nitrogens is 1. The molecule has 0 spiro atoms. The molecule has 2 aromatic heterocycles. The smallest absolute Gasteiger partial charge is 0.208 e. The molecule has 8 heteroatoms. The van der Waals surface area contributed by atoms with Crippen LogP contribution in [0.1, 0.15) is 10.7 Å². The van der Waals surface area contributed by atoms with Gasteiger partial charge in [-0.1, -0.05) is 36.0 Å². The molecule has 0 saturated heterocycles. The fourth-order valence-electron chi connectivity index (χ4n) is 1.99. The minimum absolute atomic E-state index is 0.0660. The van der Waals surface area contributed by atoms with Crippen LogP contribution in [0.15, 0.2) is 57.9 Å². The van der Waals surface area contributed by atoms with Crippen LogP contribution in [0.4, 0.5) is 0 Å². The van der Waals surface area contributed by atoms with Crippen molar-refractivity contribution < 1.29 is 8.42 Å². The maximum absolute atomic E-state index is 12.2. The molecule has 23 heavy (non-hydrogen) atoms. The van der Waals surface area contributed by atoms with Gasteiger partial charge in [0.1, 0.15) is 5.82 Å². The molecule has 0 radical (unpaired) electrons. The summed E-state index contributed by atoms with van der Waals surface area (Å²) in [5.41, 5.74) is 0. The second-order valence-corrected chi connectivity index (χ2v) is 9.00. The van der Waals surface area contributed by atoms with E-state index in [1.807, 2.05) is 17.5 Å². The number of sulfone groups is 1. The van der Waals surface area contributed by atoms with Crippen LogP contribution in [0.2, 0.25) is 0 Å². The monoisotopic (exact) mass is 365 g/mol. The maximum Gasteiger partial charge on any atom is 0.208 e. The fraction of sp³-hybridized carbons (Fsp3) is 0.200. The van der Waals surface area contributed by atoms with Gasteiger partial charge in [0.2, 0.25) is 5.16 Å². The number of thiophene rings is 1. The van der Waals surface area contributed by atoms with Gasteiger partial charge >= 0.3 is 0 Å². The van der Waals surface area contributed by atoms with Crippen molar-refractivity contribution in [3.63, 3.8) is 0 Å². The molecule has 0 amide bonds. The summed E-state index contributed by atoms with van der Waals surface area (Å²) in [6.07, 6.45) is 0.716. The van der Waals surface area contributed by atoms with E-state index in [-0.39, 0.29) is 5.75 Å². The second-order valence-electron chi connectivity index (χ2n) is 4.80. The molecule has 0 aliphatic rings. The van der Waals surface area contributed by atoms with E-state index in [1.54, 1.807) is 41.7 Å². The Balaban J connectivity index is 1.54. The van der Waals surface area contributed by atoms with Crippen molar-refractivity contribution in [1.82, 2.24) is 15.2 Å². The van der Waals surface area contributed by atoms with E-state index in [4.69, 9.17) is 0 Å². The molecule has 0 aliphatic carbocycles. The first kappa shape index (κ1) is 16.2. The number of hydrogen-bond acceptors (Lipinski definition) is 6. The highest BCUT2D eigenvalue weighted by Crippen LogP contribution is 2.18. The molecule has 5 nitrogen and oxygen atoms in total. The average Bonchev–Trinajstić information content (AvgIpc) is 3.21. The lowest BCUT2D eigenvalue weighted by molar-refractivity contribution is 0.597. The zero-order valence-electron chi connectivity index (χ0n) is 12.2. The number of benzene rings is 1. The van der Waals surface area contributed by atoms with Crippen molar-refractivity contribution in [2.45, 2.75) is 16.5 Å². The number of thioether (sulfide) groups is 1. The number of nitrogens with zero attached hydrogens (tertiary/aromatic N) is 2. The predicted octanol–water partition coefficient (Wildman–Crippen LogP) is 3.02. The number of hydrogen-bond donors (Lipinski definition) is 1. The van der Waals surface area contributed by atoms with Gasteiger partial charge in [0.25, 0.3) is 0 Å². The van der Waals surface area contributed by atoms with E-state index in [9.17, 15) is 8.42 Å². The standard InChI is InChI=1S/C15H15N3O2S3/c19-23(20,13-6-2-1-3-7-13)10-9-22-15-16-14(17-18-15)11-12-5-4-8-21-12/h1-8H,9-11H2,(H,16,17,18). The summed E-state index contributed by atoms with van der Waals surface area (Å²) in [5, 5.41) is 9.63. The summed E-state index contributed by atoms with van der Waals surface area (Å²) in [7, 11) is -3.25. The zero-order valence-corrected chi connectivity index (χ0v) is 14.6. The molecule has 0 saturated carbocycles. The van der Waals surface area contributed by atoms with E-state index >= 15 is 0 Å². The van der Waals surface area contributed by atoms with E-state index in [1.165, 1.54) is 16.6 Å². The lowest BCUT2D eigenvalue weighted by Gasteiger charge is -2.02. The third-order valence-corrected chi connectivity index (χ3v) is 6.83. The van der Waals surface area contributed by atoms with Gasteiger partial charge in [-0.05, 0) is 23.6 Å². The van der Waals surface area contributed by atoms with Crippen molar-refractivity contribution in [1.29, 1.82) is 0 Å². The van der Waals surface area contributed by atoms with Crippen LogP contribution in [0.5, 0.6) is 0 Å². The Hall–Kier alpha value is -1.64. The normalized spacial score (nSPS) is 11.7. The summed E-state index contributed by atoms with van der Waals surface area (Å²) in [5.74, 6) is 1.28. The highest BCUT2D eigenvalue weighted by atomic mass is 32.2. The molecule has 1 N–H and O–H groups in total. The molecule has 0 aliphatic heterocycles. The van der Waals surface area contributed by atoms with Gasteiger partial charge in [-0.15, -0.1) is 16.4 Å². The molecule has 120 valence electrons. The highest BCUT2D eigenvalue weighted by Gasteiger charge is 2.14. The number of nitrogens with one attached hydrogen (secondary N) is 1. The van der Waals surface area contributed by atoms with Gasteiger partial charge in [-0.25, -0.2) is 13.4 Å². The number of rotatable bonds is 7. The Kier molecular flexibility index (Phi) is 5.14. The minimum Gasteiger partial charge on any atom is -0.262 e. The van der Waals surface area contributed by atoms with Crippen LogP contribution in [-0.4, -0.2) is 35.1 Å². The van der Waals surface area contributed by atoms with Gasteiger partial charge in [-0.2, -0.15) is 0 Å². The third-order valence-electron chi connectivity index (χ3n) is 3.12. The van der Waals surface area contributed by atoms with Crippen molar-refractivity contribution in [3.8, 4) is 0 Å².